The fraction of sp³-hybridized carbons (Fsp3) is 0.583. The summed E-state index contributed by atoms with van der Waals surface area (Å²) in [6, 6.07) is 9.40. The number of carbonyl (C=O) groups excluding carboxylic acids is 2. The lowest BCUT2D eigenvalue weighted by Crippen LogP contribution is -2.45. The Kier molecular flexibility index (Phi) is 6.67. The minimum absolute atomic E-state index is 0.182. The predicted molar refractivity (Wildman–Crippen MR) is 115 cm³/mol. The summed E-state index contributed by atoms with van der Waals surface area (Å²) in [7, 11) is 1.56. The maximum Gasteiger partial charge on any atom is 0.416 e. The minimum Gasteiger partial charge on any atom is -0.447 e. The molecule has 8 nitrogen and oxygen atoms in total. The van der Waals surface area contributed by atoms with Crippen molar-refractivity contribution in [1.82, 2.24) is 4.90 Å². The molecule has 1 aromatic rings. The summed E-state index contributed by atoms with van der Waals surface area (Å²) < 4.78 is 28.7. The van der Waals surface area contributed by atoms with E-state index in [1.807, 2.05) is 44.2 Å². The van der Waals surface area contributed by atoms with E-state index in [1.165, 1.54) is 4.90 Å². The van der Waals surface area contributed by atoms with E-state index >= 15 is 0 Å². The van der Waals surface area contributed by atoms with Gasteiger partial charge >= 0.3 is 6.09 Å². The molecule has 1 aromatic carbocycles. The summed E-state index contributed by atoms with van der Waals surface area (Å²) >= 11 is 0. The largest absolute Gasteiger partial charge is 0.447 e. The Labute approximate surface area is 188 Å². The van der Waals surface area contributed by atoms with Crippen LogP contribution in [0.3, 0.4) is 0 Å². The lowest BCUT2D eigenvalue weighted by Gasteiger charge is -2.28. The molecular formula is C24H31NO7. The van der Waals surface area contributed by atoms with Crippen molar-refractivity contribution < 1.29 is 33.3 Å². The zero-order valence-electron chi connectivity index (χ0n) is 18.8. The monoisotopic (exact) mass is 445 g/mol. The molecule has 0 spiro atoms. The van der Waals surface area contributed by atoms with Gasteiger partial charge in [0.1, 0.15) is 18.8 Å². The number of rotatable bonds is 8. The van der Waals surface area contributed by atoms with Gasteiger partial charge in [-0.25, -0.2) is 9.69 Å². The van der Waals surface area contributed by atoms with Gasteiger partial charge in [0, 0.05) is 13.0 Å². The molecule has 3 aliphatic heterocycles. The molecule has 4 rings (SSSR count). The van der Waals surface area contributed by atoms with Crippen LogP contribution in [0.1, 0.15) is 32.3 Å². The van der Waals surface area contributed by atoms with Crippen molar-refractivity contribution in [1.29, 1.82) is 0 Å². The number of fused-ring (bicyclic) bond motifs is 1. The van der Waals surface area contributed by atoms with Crippen molar-refractivity contribution in [3.8, 4) is 0 Å². The molecule has 2 amide bonds. The maximum atomic E-state index is 13.5. The first-order valence-electron chi connectivity index (χ1n) is 11.0. The normalized spacial score (nSPS) is 31.9. The van der Waals surface area contributed by atoms with Gasteiger partial charge in [0.15, 0.2) is 12.1 Å². The summed E-state index contributed by atoms with van der Waals surface area (Å²) in [5.41, 5.74) is 1.04. The zero-order valence-corrected chi connectivity index (χ0v) is 18.8. The van der Waals surface area contributed by atoms with E-state index in [2.05, 4.69) is 6.58 Å². The predicted octanol–water partition coefficient (Wildman–Crippen LogP) is 3.05. The Morgan fingerprint density at radius 3 is 2.69 bits per heavy atom. The van der Waals surface area contributed by atoms with Crippen molar-refractivity contribution in [2.45, 2.75) is 69.5 Å². The van der Waals surface area contributed by atoms with Crippen LogP contribution >= 0.6 is 0 Å². The van der Waals surface area contributed by atoms with E-state index < -0.39 is 30.2 Å². The fourth-order valence-electron chi connectivity index (χ4n) is 4.76. The number of methoxy groups -OCH3 is 1. The molecule has 0 bridgehead atoms. The Hall–Kier alpha value is -2.26. The number of amides is 2. The number of hydrogen-bond donors (Lipinski definition) is 0. The Morgan fingerprint density at radius 1 is 1.28 bits per heavy atom. The van der Waals surface area contributed by atoms with Crippen molar-refractivity contribution in [2.24, 2.45) is 5.92 Å². The van der Waals surface area contributed by atoms with E-state index in [4.69, 9.17) is 23.7 Å². The summed E-state index contributed by atoms with van der Waals surface area (Å²) in [6.45, 7) is 7.67. The summed E-state index contributed by atoms with van der Waals surface area (Å²) in [5.74, 6) is -1.55. The molecule has 0 radical (unpaired) electrons. The van der Waals surface area contributed by atoms with Crippen molar-refractivity contribution in [2.75, 3.05) is 13.7 Å². The van der Waals surface area contributed by atoms with Crippen LogP contribution < -0.4 is 0 Å². The molecule has 0 aliphatic carbocycles. The molecule has 1 unspecified atom stereocenters. The highest BCUT2D eigenvalue weighted by atomic mass is 16.8. The highest BCUT2D eigenvalue weighted by Crippen LogP contribution is 2.41. The van der Waals surface area contributed by atoms with Gasteiger partial charge in [0.25, 0.3) is 0 Å². The highest BCUT2D eigenvalue weighted by Gasteiger charge is 2.56. The zero-order chi connectivity index (χ0) is 22.9. The third-order valence-corrected chi connectivity index (χ3v) is 6.17. The van der Waals surface area contributed by atoms with Gasteiger partial charge in [-0.15, -0.1) is 6.58 Å². The van der Waals surface area contributed by atoms with Crippen molar-refractivity contribution >= 4 is 12.0 Å². The van der Waals surface area contributed by atoms with Crippen LogP contribution in [0.15, 0.2) is 43.0 Å². The average Bonchev–Trinajstić information content (AvgIpc) is 3.38. The van der Waals surface area contributed by atoms with Gasteiger partial charge in [-0.3, -0.25) is 4.79 Å². The van der Waals surface area contributed by atoms with Crippen LogP contribution in [0.25, 0.3) is 0 Å². The number of nitrogens with zero attached hydrogens (tertiary/aromatic N) is 1. The number of benzene rings is 1. The Bertz CT molecular complexity index is 842. The number of cyclic esters (lactones) is 1. The summed E-state index contributed by atoms with van der Waals surface area (Å²) in [5, 5.41) is 0. The fourth-order valence-corrected chi connectivity index (χ4v) is 4.76. The second-order valence-electron chi connectivity index (χ2n) is 8.93. The molecule has 3 heterocycles. The van der Waals surface area contributed by atoms with E-state index in [0.29, 0.717) is 19.3 Å². The van der Waals surface area contributed by atoms with E-state index in [9.17, 15) is 9.59 Å². The molecule has 3 saturated heterocycles. The Morgan fingerprint density at radius 2 is 2.00 bits per heavy atom. The number of hydrogen-bond acceptors (Lipinski definition) is 7. The molecule has 6 atom stereocenters. The maximum absolute atomic E-state index is 13.5. The van der Waals surface area contributed by atoms with Crippen molar-refractivity contribution in [3.63, 3.8) is 0 Å². The molecule has 0 N–H and O–H groups in total. The highest BCUT2D eigenvalue weighted by molar-refractivity contribution is 5.95. The third-order valence-electron chi connectivity index (χ3n) is 6.17. The first kappa shape index (κ1) is 22.9. The van der Waals surface area contributed by atoms with Gasteiger partial charge < -0.3 is 23.7 Å². The minimum atomic E-state index is -0.758. The summed E-state index contributed by atoms with van der Waals surface area (Å²) in [4.78, 5) is 27.3. The van der Waals surface area contributed by atoms with E-state index in [1.54, 1.807) is 13.2 Å². The second-order valence-corrected chi connectivity index (χ2v) is 8.93. The number of allylic oxidation sites excluding steroid dienone is 1. The van der Waals surface area contributed by atoms with Crippen LogP contribution in [-0.4, -0.2) is 67.0 Å². The second kappa shape index (κ2) is 9.31. The SMILES string of the molecule is C=CC[C@@H](C[C@H]1O[C@@H](OC)[C@H]2OC(C)(C)OC12)C(=O)N1C(=O)OC[C@@H]1Cc1ccccc1. The van der Waals surface area contributed by atoms with Crippen LogP contribution in [-0.2, 0) is 34.9 Å². The van der Waals surface area contributed by atoms with Crippen LogP contribution in [0.5, 0.6) is 0 Å². The lowest BCUT2D eigenvalue weighted by molar-refractivity contribution is -0.228. The first-order valence-corrected chi connectivity index (χ1v) is 11.0. The molecule has 32 heavy (non-hydrogen) atoms. The van der Waals surface area contributed by atoms with Gasteiger partial charge in [-0.2, -0.15) is 0 Å². The molecule has 174 valence electrons. The van der Waals surface area contributed by atoms with Crippen molar-refractivity contribution in [3.05, 3.63) is 48.6 Å². The number of carbonyl (C=O) groups is 2. The molecule has 0 aromatic heterocycles. The lowest BCUT2D eigenvalue weighted by atomic mass is 9.92. The van der Waals surface area contributed by atoms with E-state index in [-0.39, 0.29) is 30.8 Å². The molecule has 3 fully saturated rings. The molecular weight excluding hydrogens is 414 g/mol. The number of ether oxygens (including phenoxy) is 5. The van der Waals surface area contributed by atoms with Gasteiger partial charge in [0.05, 0.1) is 12.1 Å². The molecule has 0 saturated carbocycles. The van der Waals surface area contributed by atoms with Gasteiger partial charge in [-0.05, 0) is 38.7 Å². The molecule has 3 aliphatic rings. The van der Waals surface area contributed by atoms with E-state index in [0.717, 1.165) is 5.56 Å². The van der Waals surface area contributed by atoms with Gasteiger partial charge in [-0.1, -0.05) is 36.4 Å². The first-order chi connectivity index (χ1) is 15.3. The standard InChI is InChI=1S/C24H31NO7/c1-5-9-16(13-18-19-20(22(28-4)30-18)32-24(2,3)31-19)21(26)25-17(14-29-23(25)27)12-15-10-7-6-8-11-15/h5-8,10-11,16-20,22H,1,9,12-14H2,2-4H3/t16-,17-,18+,19?,20-,22+/m0/s1. The topological polar surface area (TPSA) is 83.5 Å². The van der Waals surface area contributed by atoms with Crippen LogP contribution in [0.4, 0.5) is 4.79 Å². The van der Waals surface area contributed by atoms with Crippen LogP contribution in [0.2, 0.25) is 0 Å². The molecule has 8 heteroatoms. The summed E-state index contributed by atoms with van der Waals surface area (Å²) in [6.07, 6.45) is 0.662. The van der Waals surface area contributed by atoms with Crippen LogP contribution in [0, 0.1) is 5.92 Å². The smallest absolute Gasteiger partial charge is 0.416 e. The number of imide groups is 1. The van der Waals surface area contributed by atoms with Gasteiger partial charge in [0.2, 0.25) is 5.91 Å². The average molecular weight is 446 g/mol. The quantitative estimate of drug-likeness (QED) is 0.569. The Balaban J connectivity index is 1.49. The third kappa shape index (κ3) is 4.59.